The predicted molar refractivity (Wildman–Crippen MR) is 109 cm³/mol. The maximum Gasteiger partial charge on any atom is 0.229 e. The molecule has 146 valence electrons. The Hall–Kier alpha value is -1.51. The number of carbonyl (C=O) groups is 1. The summed E-state index contributed by atoms with van der Waals surface area (Å²) in [6.45, 7) is 6.49. The summed E-state index contributed by atoms with van der Waals surface area (Å²) in [6.07, 6.45) is 1.54. The van der Waals surface area contributed by atoms with E-state index in [1.807, 2.05) is 12.1 Å². The summed E-state index contributed by atoms with van der Waals surface area (Å²) in [5.41, 5.74) is 0.709. The Morgan fingerprint density at radius 1 is 1.33 bits per heavy atom. The molecule has 1 N–H and O–H groups in total. The van der Waals surface area contributed by atoms with Crippen LogP contribution >= 0.6 is 23.1 Å². The quantitative estimate of drug-likeness (QED) is 0.547. The van der Waals surface area contributed by atoms with E-state index in [0.29, 0.717) is 23.2 Å². The number of benzene rings is 1. The normalized spacial score (nSPS) is 16.0. The molecule has 0 radical (unpaired) electrons. The van der Waals surface area contributed by atoms with Crippen molar-refractivity contribution in [3.05, 3.63) is 35.6 Å². The van der Waals surface area contributed by atoms with Crippen molar-refractivity contribution in [3.8, 4) is 0 Å². The lowest BCUT2D eigenvalue weighted by molar-refractivity contribution is -0.121. The topological polar surface area (TPSA) is 58.1 Å². The predicted octanol–water partition coefficient (Wildman–Crippen LogP) is 4.28. The van der Waals surface area contributed by atoms with Crippen molar-refractivity contribution in [1.29, 1.82) is 0 Å². The van der Waals surface area contributed by atoms with Gasteiger partial charge in [-0.1, -0.05) is 55.1 Å². The van der Waals surface area contributed by atoms with Gasteiger partial charge in [0.1, 0.15) is 5.82 Å². The van der Waals surface area contributed by atoms with Crippen molar-refractivity contribution in [3.63, 3.8) is 0 Å². The lowest BCUT2D eigenvalue weighted by Gasteiger charge is -2.31. The van der Waals surface area contributed by atoms with Crippen molar-refractivity contribution < 1.29 is 9.18 Å². The molecule has 1 saturated heterocycles. The molecule has 1 amide bonds. The minimum absolute atomic E-state index is 0.0112. The molecule has 0 bridgehead atoms. The van der Waals surface area contributed by atoms with Crippen LogP contribution in [0.2, 0.25) is 0 Å². The number of halogens is 1. The molecule has 1 aliphatic heterocycles. The molecule has 1 aromatic heterocycles. The Balaban J connectivity index is 1.45. The Kier molecular flexibility index (Phi) is 7.20. The van der Waals surface area contributed by atoms with Crippen molar-refractivity contribution in [2.45, 2.75) is 37.6 Å². The number of piperidine rings is 1. The van der Waals surface area contributed by atoms with Gasteiger partial charge in [0.15, 0.2) is 4.34 Å². The number of nitrogens with zero attached hydrogens (tertiary/aromatic N) is 3. The minimum atomic E-state index is -0.167. The van der Waals surface area contributed by atoms with Crippen LogP contribution in [0.3, 0.4) is 0 Å². The number of carbonyl (C=O) groups excluding carboxylic acids is 1. The molecular formula is C19H25FN4OS2. The Morgan fingerprint density at radius 2 is 2.07 bits per heavy atom. The molecule has 0 unspecified atom stereocenters. The van der Waals surface area contributed by atoms with Gasteiger partial charge in [0, 0.05) is 23.8 Å². The molecule has 0 spiro atoms. The zero-order chi connectivity index (χ0) is 19.2. The van der Waals surface area contributed by atoms with E-state index < -0.39 is 0 Å². The molecule has 2 aromatic rings. The van der Waals surface area contributed by atoms with E-state index in [1.54, 1.807) is 17.8 Å². The zero-order valence-electron chi connectivity index (χ0n) is 15.7. The summed E-state index contributed by atoms with van der Waals surface area (Å²) in [4.78, 5) is 14.7. The summed E-state index contributed by atoms with van der Waals surface area (Å²) < 4.78 is 14.7. The van der Waals surface area contributed by atoms with E-state index in [4.69, 9.17) is 0 Å². The minimum Gasteiger partial charge on any atom is -0.300 e. The van der Waals surface area contributed by atoms with E-state index in [2.05, 4.69) is 34.3 Å². The standard InChI is InChI=1S/C19H25FN4OS2/c1-13(2)12-26-19-23-22-18(27-19)21-17(25)14-7-9-24(10-8-14)11-15-5-3-4-6-16(15)20/h3-6,13-14H,7-12H2,1-2H3,(H,21,22,25). The van der Waals surface area contributed by atoms with Crippen LogP contribution in [0.4, 0.5) is 9.52 Å². The van der Waals surface area contributed by atoms with E-state index in [1.165, 1.54) is 17.4 Å². The Bertz CT molecular complexity index is 760. The lowest BCUT2D eigenvalue weighted by atomic mass is 9.95. The van der Waals surface area contributed by atoms with Crippen LogP contribution in [0.15, 0.2) is 28.6 Å². The Morgan fingerprint density at radius 3 is 2.78 bits per heavy atom. The molecule has 1 fully saturated rings. The van der Waals surface area contributed by atoms with E-state index >= 15 is 0 Å². The third kappa shape index (κ3) is 5.99. The van der Waals surface area contributed by atoms with Gasteiger partial charge in [0.25, 0.3) is 0 Å². The lowest BCUT2D eigenvalue weighted by Crippen LogP contribution is -2.37. The van der Waals surface area contributed by atoms with Gasteiger partial charge >= 0.3 is 0 Å². The third-order valence-corrected chi connectivity index (χ3v) is 6.89. The molecule has 3 rings (SSSR count). The number of aromatic nitrogens is 2. The van der Waals surface area contributed by atoms with Crippen LogP contribution in [0.5, 0.6) is 0 Å². The maximum absolute atomic E-state index is 13.8. The number of nitrogens with one attached hydrogen (secondary N) is 1. The van der Waals surface area contributed by atoms with Gasteiger partial charge in [0.2, 0.25) is 11.0 Å². The van der Waals surface area contributed by atoms with Crippen LogP contribution in [0.1, 0.15) is 32.3 Å². The van der Waals surface area contributed by atoms with Gasteiger partial charge in [0.05, 0.1) is 0 Å². The van der Waals surface area contributed by atoms with Crippen molar-refractivity contribution in [1.82, 2.24) is 15.1 Å². The number of rotatable bonds is 7. The van der Waals surface area contributed by atoms with Crippen molar-refractivity contribution in [2.24, 2.45) is 11.8 Å². The zero-order valence-corrected chi connectivity index (χ0v) is 17.3. The Labute approximate surface area is 167 Å². The fourth-order valence-corrected chi connectivity index (χ4v) is 4.72. The van der Waals surface area contributed by atoms with Crippen LogP contribution in [-0.2, 0) is 11.3 Å². The third-order valence-electron chi connectivity index (χ3n) is 4.49. The summed E-state index contributed by atoms with van der Waals surface area (Å²) in [7, 11) is 0. The summed E-state index contributed by atoms with van der Waals surface area (Å²) in [6, 6.07) is 6.87. The highest BCUT2D eigenvalue weighted by atomic mass is 32.2. The van der Waals surface area contributed by atoms with Crippen LogP contribution < -0.4 is 5.32 Å². The molecule has 0 atom stereocenters. The molecule has 1 aromatic carbocycles. The molecule has 0 saturated carbocycles. The second kappa shape index (κ2) is 9.61. The number of thioether (sulfide) groups is 1. The second-order valence-electron chi connectivity index (χ2n) is 7.21. The molecule has 1 aliphatic rings. The van der Waals surface area contributed by atoms with E-state index in [9.17, 15) is 9.18 Å². The molecular weight excluding hydrogens is 383 g/mol. The average molecular weight is 409 g/mol. The monoisotopic (exact) mass is 408 g/mol. The molecule has 0 aliphatic carbocycles. The summed E-state index contributed by atoms with van der Waals surface area (Å²) in [5.74, 6) is 1.39. The first-order valence-electron chi connectivity index (χ1n) is 9.24. The first-order chi connectivity index (χ1) is 13.0. The van der Waals surface area contributed by atoms with Crippen LogP contribution in [0.25, 0.3) is 0 Å². The summed E-state index contributed by atoms with van der Waals surface area (Å²) >= 11 is 3.10. The van der Waals surface area contributed by atoms with Gasteiger partial charge in [-0.05, 0) is 37.9 Å². The van der Waals surface area contributed by atoms with E-state index in [-0.39, 0.29) is 17.6 Å². The number of hydrogen-bond donors (Lipinski definition) is 1. The molecule has 5 nitrogen and oxygen atoms in total. The average Bonchev–Trinajstić information content (AvgIpc) is 3.10. The molecule has 2 heterocycles. The van der Waals surface area contributed by atoms with Gasteiger partial charge in [-0.25, -0.2) is 4.39 Å². The van der Waals surface area contributed by atoms with Gasteiger partial charge < -0.3 is 5.32 Å². The van der Waals surface area contributed by atoms with Crippen LogP contribution in [0, 0.1) is 17.7 Å². The first kappa shape index (κ1) is 20.2. The maximum atomic E-state index is 13.8. The first-order valence-corrected chi connectivity index (χ1v) is 11.0. The SMILES string of the molecule is CC(C)CSc1nnc(NC(=O)C2CCN(Cc3ccccc3F)CC2)s1. The van der Waals surface area contributed by atoms with Gasteiger partial charge in [-0.2, -0.15) is 0 Å². The number of likely N-dealkylation sites (tertiary alicyclic amines) is 1. The van der Waals surface area contributed by atoms with Crippen LogP contribution in [-0.4, -0.2) is 39.8 Å². The highest BCUT2D eigenvalue weighted by Crippen LogP contribution is 2.28. The fourth-order valence-electron chi connectivity index (χ4n) is 2.98. The molecule has 27 heavy (non-hydrogen) atoms. The smallest absolute Gasteiger partial charge is 0.229 e. The number of hydrogen-bond acceptors (Lipinski definition) is 6. The number of amides is 1. The molecule has 8 heteroatoms. The summed E-state index contributed by atoms with van der Waals surface area (Å²) in [5, 5.41) is 11.7. The highest BCUT2D eigenvalue weighted by molar-refractivity contribution is 8.01. The van der Waals surface area contributed by atoms with Gasteiger partial charge in [-0.15, -0.1) is 10.2 Å². The highest BCUT2D eigenvalue weighted by Gasteiger charge is 2.26. The largest absolute Gasteiger partial charge is 0.300 e. The van der Waals surface area contributed by atoms with E-state index in [0.717, 1.165) is 36.0 Å². The number of anilines is 1. The van der Waals surface area contributed by atoms with Crippen molar-refractivity contribution in [2.75, 3.05) is 24.2 Å². The fraction of sp³-hybridized carbons (Fsp3) is 0.526. The second-order valence-corrected chi connectivity index (χ2v) is 9.45. The van der Waals surface area contributed by atoms with Crippen molar-refractivity contribution >= 4 is 34.1 Å². The van der Waals surface area contributed by atoms with Gasteiger partial charge in [-0.3, -0.25) is 9.69 Å².